The van der Waals surface area contributed by atoms with Gasteiger partial charge in [0.2, 0.25) is 0 Å². The molecule has 284 valence electrons. The first-order chi connectivity index (χ1) is 29.5. The van der Waals surface area contributed by atoms with Crippen molar-refractivity contribution in [3.63, 3.8) is 0 Å². The van der Waals surface area contributed by atoms with E-state index in [4.69, 9.17) is 4.42 Å². The molecule has 2 heterocycles. The van der Waals surface area contributed by atoms with E-state index in [1.165, 1.54) is 64.7 Å². The second kappa shape index (κ2) is 13.4. The van der Waals surface area contributed by atoms with Crippen molar-refractivity contribution in [2.75, 3.05) is 4.90 Å². The molecular weight excluding hydrogens is 747 g/mol. The summed E-state index contributed by atoms with van der Waals surface area (Å²) in [4.78, 5) is 2.41. The molecule has 9 aromatic carbocycles. The number of hydrogen-bond donors (Lipinski definition) is 0. The molecule has 60 heavy (non-hydrogen) atoms. The standard InChI is InChI=1S/C57H39NOS/c1-57(2)51-20-9-6-15-44(51)45-32-31-42(35-52(45)57)58(40-27-23-37(24-28-40)36-13-4-3-5-14-36)41-29-25-38(26-30-41)49-33-39(34-50-47-17-8-11-22-54(47)60-56(49)50)43-18-12-19-48-46-16-7-10-21-53(46)59-55(43)48/h3-35H,1-2H3. The SMILES string of the molecule is CC1(C)c2ccccc2-c2ccc(N(c3ccc(-c4ccccc4)cc3)c3ccc(-c4cc(-c5cccc6c5oc5ccccc56)cc5c4sc4ccccc45)cc3)cc21. The third-order valence-corrected chi connectivity index (χ3v) is 13.9. The topological polar surface area (TPSA) is 16.4 Å². The molecule has 1 aliphatic rings. The Balaban J connectivity index is 1.01. The molecule has 0 aliphatic heterocycles. The predicted octanol–water partition coefficient (Wildman–Crippen LogP) is 16.7. The van der Waals surface area contributed by atoms with Crippen molar-refractivity contribution < 1.29 is 4.42 Å². The Morgan fingerprint density at radius 1 is 0.400 bits per heavy atom. The van der Waals surface area contributed by atoms with Crippen LogP contribution in [0.4, 0.5) is 17.1 Å². The number of fused-ring (bicyclic) bond motifs is 9. The maximum Gasteiger partial charge on any atom is 0.143 e. The normalized spacial score (nSPS) is 13.0. The van der Waals surface area contributed by atoms with Gasteiger partial charge in [0.15, 0.2) is 0 Å². The Hall–Kier alpha value is -7.20. The van der Waals surface area contributed by atoms with Crippen LogP contribution in [0, 0.1) is 0 Å². The van der Waals surface area contributed by atoms with Gasteiger partial charge >= 0.3 is 0 Å². The largest absolute Gasteiger partial charge is 0.455 e. The van der Waals surface area contributed by atoms with E-state index in [0.29, 0.717) is 0 Å². The Kier molecular flexibility index (Phi) is 7.79. The molecule has 11 aromatic rings. The molecule has 12 rings (SSSR count). The van der Waals surface area contributed by atoms with Gasteiger partial charge in [-0.05, 0) is 105 Å². The summed E-state index contributed by atoms with van der Waals surface area (Å²) in [6.45, 7) is 4.71. The number of nitrogens with zero attached hydrogens (tertiary/aromatic N) is 1. The van der Waals surface area contributed by atoms with Gasteiger partial charge in [-0.3, -0.25) is 0 Å². The average molecular weight is 786 g/mol. The second-order valence-corrected chi connectivity index (χ2v) is 17.5. The second-order valence-electron chi connectivity index (χ2n) is 16.5. The number of benzene rings is 9. The number of hydrogen-bond acceptors (Lipinski definition) is 3. The van der Waals surface area contributed by atoms with Crippen LogP contribution in [0.25, 0.3) is 86.6 Å². The van der Waals surface area contributed by atoms with Crippen molar-refractivity contribution in [2.24, 2.45) is 0 Å². The van der Waals surface area contributed by atoms with Crippen molar-refractivity contribution in [1.82, 2.24) is 0 Å². The summed E-state index contributed by atoms with van der Waals surface area (Å²) in [5, 5.41) is 4.82. The molecule has 3 heteroatoms. The van der Waals surface area contributed by atoms with E-state index in [0.717, 1.165) is 50.1 Å². The molecule has 0 radical (unpaired) electrons. The Morgan fingerprint density at radius 3 is 1.83 bits per heavy atom. The Bertz CT molecular complexity index is 3440. The summed E-state index contributed by atoms with van der Waals surface area (Å²) < 4.78 is 9.16. The summed E-state index contributed by atoms with van der Waals surface area (Å²) in [6.07, 6.45) is 0. The van der Waals surface area contributed by atoms with Crippen molar-refractivity contribution in [1.29, 1.82) is 0 Å². The molecule has 0 saturated heterocycles. The fourth-order valence-corrected chi connectivity index (χ4v) is 10.9. The smallest absolute Gasteiger partial charge is 0.143 e. The number of para-hydroxylation sites is 2. The van der Waals surface area contributed by atoms with Gasteiger partial charge in [-0.25, -0.2) is 0 Å². The molecule has 0 saturated carbocycles. The van der Waals surface area contributed by atoms with Gasteiger partial charge in [0.25, 0.3) is 0 Å². The van der Waals surface area contributed by atoms with E-state index in [2.05, 4.69) is 213 Å². The maximum atomic E-state index is 6.58. The van der Waals surface area contributed by atoms with Gasteiger partial charge in [0, 0.05) is 64.5 Å². The minimum atomic E-state index is -0.109. The Morgan fingerprint density at radius 2 is 1.02 bits per heavy atom. The van der Waals surface area contributed by atoms with Crippen molar-refractivity contribution in [2.45, 2.75) is 19.3 Å². The molecule has 0 amide bonds. The van der Waals surface area contributed by atoms with Crippen LogP contribution >= 0.6 is 11.3 Å². The van der Waals surface area contributed by atoms with Crippen LogP contribution in [0.2, 0.25) is 0 Å². The number of thiophene rings is 1. The quantitative estimate of drug-likeness (QED) is 0.167. The van der Waals surface area contributed by atoms with Crippen LogP contribution in [-0.4, -0.2) is 0 Å². The number of furan rings is 1. The monoisotopic (exact) mass is 785 g/mol. The highest BCUT2D eigenvalue weighted by Crippen LogP contribution is 2.51. The van der Waals surface area contributed by atoms with Crippen LogP contribution in [0.5, 0.6) is 0 Å². The highest BCUT2D eigenvalue weighted by molar-refractivity contribution is 7.26. The van der Waals surface area contributed by atoms with Crippen LogP contribution in [0.15, 0.2) is 205 Å². The molecule has 0 spiro atoms. The van der Waals surface area contributed by atoms with Crippen LogP contribution in [0.3, 0.4) is 0 Å². The zero-order valence-electron chi connectivity index (χ0n) is 33.3. The lowest BCUT2D eigenvalue weighted by molar-refractivity contribution is 0.660. The fourth-order valence-electron chi connectivity index (χ4n) is 9.67. The third-order valence-electron chi connectivity index (χ3n) is 12.7. The van der Waals surface area contributed by atoms with Gasteiger partial charge in [-0.2, -0.15) is 0 Å². The molecule has 0 atom stereocenters. The highest BCUT2D eigenvalue weighted by atomic mass is 32.1. The summed E-state index contributed by atoms with van der Waals surface area (Å²) >= 11 is 1.87. The molecule has 0 bridgehead atoms. The van der Waals surface area contributed by atoms with Crippen LogP contribution < -0.4 is 4.90 Å². The minimum absolute atomic E-state index is 0.109. The van der Waals surface area contributed by atoms with Crippen LogP contribution in [0.1, 0.15) is 25.0 Å². The molecule has 0 N–H and O–H groups in total. The summed E-state index contributed by atoms with van der Waals surface area (Å²) in [7, 11) is 0. The molecule has 0 fully saturated rings. The summed E-state index contributed by atoms with van der Waals surface area (Å²) in [5.41, 5.74) is 17.5. The highest BCUT2D eigenvalue weighted by Gasteiger charge is 2.35. The number of anilines is 3. The number of rotatable bonds is 6. The Labute approximate surface area is 353 Å². The first-order valence-electron chi connectivity index (χ1n) is 20.7. The lowest BCUT2D eigenvalue weighted by Gasteiger charge is -2.28. The predicted molar refractivity (Wildman–Crippen MR) is 255 cm³/mol. The van der Waals surface area contributed by atoms with Gasteiger partial charge in [0.05, 0.1) is 0 Å². The van der Waals surface area contributed by atoms with E-state index in [1.807, 2.05) is 17.4 Å². The van der Waals surface area contributed by atoms with Gasteiger partial charge in [-0.15, -0.1) is 11.3 Å². The fraction of sp³-hybridized carbons (Fsp3) is 0.0526. The van der Waals surface area contributed by atoms with Crippen molar-refractivity contribution in [3.8, 4) is 44.5 Å². The van der Waals surface area contributed by atoms with Crippen molar-refractivity contribution in [3.05, 3.63) is 211 Å². The van der Waals surface area contributed by atoms with E-state index < -0.39 is 0 Å². The van der Waals surface area contributed by atoms with Crippen molar-refractivity contribution >= 4 is 70.5 Å². The van der Waals surface area contributed by atoms with E-state index in [1.54, 1.807) is 0 Å². The van der Waals surface area contributed by atoms with E-state index >= 15 is 0 Å². The molecule has 1 aliphatic carbocycles. The van der Waals surface area contributed by atoms with Gasteiger partial charge < -0.3 is 9.32 Å². The summed E-state index contributed by atoms with van der Waals surface area (Å²) in [5.74, 6) is 0. The first-order valence-corrected chi connectivity index (χ1v) is 21.5. The van der Waals surface area contributed by atoms with Gasteiger partial charge in [-0.1, -0.05) is 153 Å². The molecule has 0 unspecified atom stereocenters. The average Bonchev–Trinajstić information content (AvgIpc) is 3.95. The van der Waals surface area contributed by atoms with E-state index in [-0.39, 0.29) is 5.41 Å². The van der Waals surface area contributed by atoms with Gasteiger partial charge in [0.1, 0.15) is 11.2 Å². The lowest BCUT2D eigenvalue weighted by Crippen LogP contribution is -2.16. The molecule has 2 aromatic heterocycles. The molecule has 2 nitrogen and oxygen atoms in total. The summed E-state index contributed by atoms with van der Waals surface area (Å²) in [6, 6.07) is 73.1. The van der Waals surface area contributed by atoms with E-state index in [9.17, 15) is 0 Å². The first kappa shape index (κ1) is 34.8. The maximum absolute atomic E-state index is 6.58. The molecular formula is C57H39NOS. The minimum Gasteiger partial charge on any atom is -0.455 e. The zero-order chi connectivity index (χ0) is 40.0. The third kappa shape index (κ3) is 5.40. The zero-order valence-corrected chi connectivity index (χ0v) is 34.1. The van der Waals surface area contributed by atoms with Crippen LogP contribution in [-0.2, 0) is 5.41 Å². The lowest BCUT2D eigenvalue weighted by atomic mass is 9.82.